The fourth-order valence-corrected chi connectivity index (χ4v) is 1.37. The van der Waals surface area contributed by atoms with Crippen LogP contribution in [0.5, 0.6) is 0 Å². The summed E-state index contributed by atoms with van der Waals surface area (Å²) in [6, 6.07) is -1.26. The highest BCUT2D eigenvalue weighted by molar-refractivity contribution is 5.67. The number of rotatable bonds is 16. The number of halogens is 1. The number of hydrogen-bond acceptors (Lipinski definition) is 5. The number of ether oxygens (including phenoxy) is 4. The van der Waals surface area contributed by atoms with E-state index in [9.17, 15) is 9.18 Å². The molecule has 0 radical (unpaired) electrons. The molecule has 0 N–H and O–H groups in total. The number of carbonyl (C=O) groups is 1. The summed E-state index contributed by atoms with van der Waals surface area (Å²) >= 11 is 0. The van der Waals surface area contributed by atoms with Crippen LogP contribution < -0.4 is 0 Å². The number of hydrogen-bond donors (Lipinski definition) is 0. The van der Waals surface area contributed by atoms with Gasteiger partial charge in [0.2, 0.25) is 0 Å². The molecular formula is C14H27FO5. The van der Waals surface area contributed by atoms with E-state index in [-0.39, 0.29) is 6.42 Å². The molecule has 5 nitrogen and oxygen atoms in total. The lowest BCUT2D eigenvalue weighted by Crippen LogP contribution is -2.12. The van der Waals surface area contributed by atoms with Crippen LogP contribution in [0.1, 0.15) is 32.6 Å². The van der Waals surface area contributed by atoms with Crippen molar-refractivity contribution >= 4 is 6.04 Å². The van der Waals surface area contributed by atoms with Crippen LogP contribution in [-0.4, -0.2) is 58.9 Å². The van der Waals surface area contributed by atoms with Crippen LogP contribution in [0, 0.1) is 0 Å². The van der Waals surface area contributed by atoms with Gasteiger partial charge in [0.1, 0.15) is 0 Å². The molecule has 0 spiro atoms. The maximum Gasteiger partial charge on any atom is 0.301 e. The maximum atomic E-state index is 11.8. The van der Waals surface area contributed by atoms with Gasteiger partial charge >= 0.3 is 6.04 Å². The minimum Gasteiger partial charge on any atom is -0.379 e. The predicted octanol–water partition coefficient (Wildman–Crippen LogP) is 2.13. The molecular weight excluding hydrogens is 267 g/mol. The summed E-state index contributed by atoms with van der Waals surface area (Å²) in [5, 5.41) is 0. The highest BCUT2D eigenvalue weighted by Gasteiger charge is 1.97. The Bertz CT molecular complexity index is 214. The highest BCUT2D eigenvalue weighted by atomic mass is 19.1. The first-order valence-corrected chi connectivity index (χ1v) is 7.26. The van der Waals surface area contributed by atoms with E-state index in [0.717, 1.165) is 13.0 Å². The lowest BCUT2D eigenvalue weighted by molar-refractivity contribution is -0.129. The molecule has 0 aromatic rings. The monoisotopic (exact) mass is 294 g/mol. The second kappa shape index (κ2) is 16.5. The molecule has 0 fully saturated rings. The van der Waals surface area contributed by atoms with E-state index in [2.05, 4.69) is 6.92 Å². The first kappa shape index (κ1) is 19.4. The van der Waals surface area contributed by atoms with E-state index in [1.54, 1.807) is 0 Å². The average molecular weight is 294 g/mol. The van der Waals surface area contributed by atoms with Gasteiger partial charge in [-0.05, 0) is 19.3 Å². The van der Waals surface area contributed by atoms with Gasteiger partial charge in [0.15, 0.2) is 0 Å². The Morgan fingerprint density at radius 3 is 1.65 bits per heavy atom. The van der Waals surface area contributed by atoms with E-state index in [1.165, 1.54) is 0 Å². The summed E-state index contributed by atoms with van der Waals surface area (Å²) in [5.41, 5.74) is 0. The molecule has 6 heteroatoms. The Balaban J connectivity index is 2.94. The molecule has 0 unspecified atom stereocenters. The average Bonchev–Trinajstić information content (AvgIpc) is 2.43. The smallest absolute Gasteiger partial charge is 0.301 e. The lowest BCUT2D eigenvalue weighted by Gasteiger charge is -2.07. The summed E-state index contributed by atoms with van der Waals surface area (Å²) in [4.78, 5) is 10.0. The quantitative estimate of drug-likeness (QED) is 0.322. The molecule has 0 heterocycles. The second-order valence-electron chi connectivity index (χ2n) is 4.26. The van der Waals surface area contributed by atoms with Crippen molar-refractivity contribution in [2.24, 2.45) is 0 Å². The molecule has 0 rings (SSSR count). The van der Waals surface area contributed by atoms with E-state index >= 15 is 0 Å². The highest BCUT2D eigenvalue weighted by Crippen LogP contribution is 1.97. The first-order chi connectivity index (χ1) is 9.77. The summed E-state index contributed by atoms with van der Waals surface area (Å²) in [6.45, 7) is 6.68. The summed E-state index contributed by atoms with van der Waals surface area (Å²) in [6.07, 6.45) is 2.23. The lowest BCUT2D eigenvalue weighted by atomic mass is 10.2. The minimum absolute atomic E-state index is 0.0147. The van der Waals surface area contributed by atoms with Crippen LogP contribution in [0.2, 0.25) is 0 Å². The Hall–Kier alpha value is -0.560. The first-order valence-electron chi connectivity index (χ1n) is 7.26. The molecule has 0 saturated heterocycles. The van der Waals surface area contributed by atoms with Crippen LogP contribution >= 0.6 is 0 Å². The largest absolute Gasteiger partial charge is 0.379 e. The molecule has 0 aliphatic carbocycles. The number of unbranched alkanes of at least 4 members (excludes halogenated alkanes) is 1. The normalized spacial score (nSPS) is 10.9. The SMILES string of the molecule is CCCOCCOCCOCCOCCCCC(=O)F. The topological polar surface area (TPSA) is 54.0 Å². The van der Waals surface area contributed by atoms with Gasteiger partial charge in [0.05, 0.1) is 39.6 Å². The Morgan fingerprint density at radius 2 is 1.20 bits per heavy atom. The third-order valence-corrected chi connectivity index (χ3v) is 2.38. The predicted molar refractivity (Wildman–Crippen MR) is 73.5 cm³/mol. The van der Waals surface area contributed by atoms with Gasteiger partial charge in [0.25, 0.3) is 0 Å². The molecule has 20 heavy (non-hydrogen) atoms. The zero-order chi connectivity index (χ0) is 14.9. The van der Waals surface area contributed by atoms with Gasteiger partial charge in [-0.15, -0.1) is 0 Å². The molecule has 0 amide bonds. The molecule has 120 valence electrons. The Labute approximate surface area is 120 Å². The van der Waals surface area contributed by atoms with E-state index in [4.69, 9.17) is 18.9 Å². The van der Waals surface area contributed by atoms with Crippen LogP contribution in [0.15, 0.2) is 0 Å². The van der Waals surface area contributed by atoms with Crippen molar-refractivity contribution in [3.63, 3.8) is 0 Å². The fraction of sp³-hybridized carbons (Fsp3) is 0.929. The van der Waals surface area contributed by atoms with Crippen molar-refractivity contribution < 1.29 is 28.1 Å². The van der Waals surface area contributed by atoms with Gasteiger partial charge < -0.3 is 18.9 Å². The van der Waals surface area contributed by atoms with Crippen molar-refractivity contribution in [3.05, 3.63) is 0 Å². The van der Waals surface area contributed by atoms with E-state index < -0.39 is 6.04 Å². The minimum atomic E-state index is -1.26. The van der Waals surface area contributed by atoms with Crippen LogP contribution in [-0.2, 0) is 23.7 Å². The van der Waals surface area contributed by atoms with Crippen molar-refractivity contribution in [2.45, 2.75) is 32.6 Å². The summed E-state index contributed by atoms with van der Waals surface area (Å²) in [5.74, 6) is 0. The maximum absolute atomic E-state index is 11.8. The third kappa shape index (κ3) is 17.4. The van der Waals surface area contributed by atoms with E-state index in [0.29, 0.717) is 59.1 Å². The summed E-state index contributed by atoms with van der Waals surface area (Å²) < 4.78 is 33.0. The third-order valence-electron chi connectivity index (χ3n) is 2.38. The molecule has 0 bridgehead atoms. The molecule has 0 saturated carbocycles. The Morgan fingerprint density at radius 1 is 0.750 bits per heavy atom. The van der Waals surface area contributed by atoms with Crippen LogP contribution in [0.4, 0.5) is 4.39 Å². The van der Waals surface area contributed by atoms with Crippen molar-refractivity contribution in [3.8, 4) is 0 Å². The molecule has 0 aliphatic rings. The van der Waals surface area contributed by atoms with Crippen molar-refractivity contribution in [1.82, 2.24) is 0 Å². The zero-order valence-corrected chi connectivity index (χ0v) is 12.4. The van der Waals surface area contributed by atoms with Gasteiger partial charge in [-0.1, -0.05) is 6.92 Å². The number of carbonyl (C=O) groups excluding carboxylic acids is 1. The van der Waals surface area contributed by atoms with Crippen LogP contribution in [0.3, 0.4) is 0 Å². The van der Waals surface area contributed by atoms with Crippen molar-refractivity contribution in [1.29, 1.82) is 0 Å². The van der Waals surface area contributed by atoms with Gasteiger partial charge in [-0.25, -0.2) is 0 Å². The van der Waals surface area contributed by atoms with Crippen molar-refractivity contribution in [2.75, 3.05) is 52.9 Å². The molecule has 0 aromatic carbocycles. The van der Waals surface area contributed by atoms with Crippen LogP contribution in [0.25, 0.3) is 0 Å². The standard InChI is InChI=1S/C14H27FO5/c1-2-6-17-8-10-19-12-13-20-11-9-18-7-4-3-5-14(15)16/h2-13H2,1H3. The zero-order valence-electron chi connectivity index (χ0n) is 12.4. The molecule has 0 atom stereocenters. The van der Waals surface area contributed by atoms with Gasteiger partial charge in [-0.2, -0.15) is 4.39 Å². The van der Waals surface area contributed by atoms with Gasteiger partial charge in [0, 0.05) is 19.6 Å². The second-order valence-corrected chi connectivity index (χ2v) is 4.26. The summed E-state index contributed by atoms with van der Waals surface area (Å²) in [7, 11) is 0. The fourth-order valence-electron chi connectivity index (χ4n) is 1.37. The van der Waals surface area contributed by atoms with Gasteiger partial charge in [-0.3, -0.25) is 4.79 Å². The Kier molecular flexibility index (Phi) is 16.0. The van der Waals surface area contributed by atoms with E-state index in [1.807, 2.05) is 0 Å². The molecule has 0 aromatic heterocycles. The molecule has 0 aliphatic heterocycles.